The smallest absolute Gasteiger partial charge is 0.204 e. The summed E-state index contributed by atoms with van der Waals surface area (Å²) in [6.45, 7) is 0. The fourth-order valence-electron chi connectivity index (χ4n) is 1.34. The molecule has 0 aromatic heterocycles. The van der Waals surface area contributed by atoms with E-state index in [0.29, 0.717) is 0 Å². The second-order valence-corrected chi connectivity index (χ2v) is 2.67. The number of hydrogen-bond donors (Lipinski definition) is 0. The van der Waals surface area contributed by atoms with Crippen LogP contribution in [-0.2, 0) is 9.47 Å². The summed E-state index contributed by atoms with van der Waals surface area (Å²) in [5.41, 5.74) is 1.14. The Morgan fingerprint density at radius 3 is 3.27 bits per heavy atom. The van der Waals surface area contributed by atoms with Gasteiger partial charge in [-0.1, -0.05) is 18.2 Å². The molecule has 1 unspecified atom stereocenters. The van der Waals surface area contributed by atoms with Crippen molar-refractivity contribution in [1.82, 2.24) is 0 Å². The summed E-state index contributed by atoms with van der Waals surface area (Å²) in [5.74, 6) is 1.89. The van der Waals surface area contributed by atoms with E-state index in [9.17, 15) is 0 Å². The molecule has 0 N–H and O–H groups in total. The Bertz CT molecular complexity index is 331. The molecule has 54 valence electrons. The van der Waals surface area contributed by atoms with Crippen LogP contribution in [0.4, 0.5) is 0 Å². The van der Waals surface area contributed by atoms with Gasteiger partial charge in [0.2, 0.25) is 5.76 Å². The molecule has 1 atom stereocenters. The first kappa shape index (κ1) is 5.24. The number of fused-ring (bicyclic) bond motifs is 2. The van der Waals surface area contributed by atoms with Crippen LogP contribution >= 0.6 is 0 Å². The van der Waals surface area contributed by atoms with Crippen molar-refractivity contribution in [1.29, 1.82) is 0 Å². The Hall–Kier alpha value is -1.44. The third-order valence-electron chi connectivity index (χ3n) is 1.96. The normalized spacial score (nSPS) is 29.8. The Morgan fingerprint density at radius 2 is 2.27 bits per heavy atom. The minimum absolute atomic E-state index is 0.0845. The molecule has 1 aliphatic carbocycles. The van der Waals surface area contributed by atoms with E-state index in [1.54, 1.807) is 6.26 Å². The third-order valence-corrected chi connectivity index (χ3v) is 1.96. The van der Waals surface area contributed by atoms with Crippen LogP contribution in [0.3, 0.4) is 0 Å². The fourth-order valence-corrected chi connectivity index (χ4v) is 1.34. The van der Waals surface area contributed by atoms with E-state index in [1.807, 2.05) is 24.3 Å². The molecule has 2 heteroatoms. The highest BCUT2D eigenvalue weighted by atomic mass is 16.6. The molecule has 2 aliphatic heterocycles. The molecule has 0 spiro atoms. The molecule has 2 nitrogen and oxygen atoms in total. The van der Waals surface area contributed by atoms with Crippen LogP contribution in [0.25, 0.3) is 0 Å². The van der Waals surface area contributed by atoms with Gasteiger partial charge in [-0.05, 0) is 6.08 Å². The summed E-state index contributed by atoms with van der Waals surface area (Å²) in [4.78, 5) is 0. The van der Waals surface area contributed by atoms with Crippen LogP contribution in [0.2, 0.25) is 0 Å². The topological polar surface area (TPSA) is 21.8 Å². The molecule has 3 rings (SSSR count). The van der Waals surface area contributed by atoms with Gasteiger partial charge in [-0.2, -0.15) is 0 Å². The van der Waals surface area contributed by atoms with Crippen LogP contribution < -0.4 is 0 Å². The van der Waals surface area contributed by atoms with Crippen molar-refractivity contribution in [3.63, 3.8) is 0 Å². The van der Waals surface area contributed by atoms with Gasteiger partial charge in [-0.15, -0.1) is 0 Å². The highest BCUT2D eigenvalue weighted by Gasteiger charge is 2.36. The van der Waals surface area contributed by atoms with Crippen LogP contribution in [0, 0.1) is 0 Å². The van der Waals surface area contributed by atoms with Crippen molar-refractivity contribution < 1.29 is 9.47 Å². The maximum Gasteiger partial charge on any atom is 0.204 e. The van der Waals surface area contributed by atoms with Gasteiger partial charge in [0.15, 0.2) is 5.76 Å². The van der Waals surface area contributed by atoms with Crippen LogP contribution in [0.1, 0.15) is 0 Å². The zero-order chi connectivity index (χ0) is 7.26. The van der Waals surface area contributed by atoms with Gasteiger partial charge in [0.25, 0.3) is 0 Å². The molecule has 0 amide bonds. The monoisotopic (exact) mass is 146 g/mol. The molecule has 0 bridgehead atoms. The van der Waals surface area contributed by atoms with Crippen molar-refractivity contribution >= 4 is 0 Å². The largest absolute Gasteiger partial charge is 0.485 e. The lowest BCUT2D eigenvalue weighted by molar-refractivity contribution is 0.215. The average Bonchev–Trinajstić information content (AvgIpc) is 2.83. The molecule has 3 aliphatic rings. The van der Waals surface area contributed by atoms with Crippen molar-refractivity contribution in [2.45, 2.75) is 6.10 Å². The summed E-state index contributed by atoms with van der Waals surface area (Å²) < 4.78 is 10.5. The predicted molar refractivity (Wildman–Crippen MR) is 39.3 cm³/mol. The molecular formula is C9H6O2. The van der Waals surface area contributed by atoms with Crippen molar-refractivity contribution in [3.05, 3.63) is 47.7 Å². The molecule has 0 saturated carbocycles. The minimum Gasteiger partial charge on any atom is -0.485 e. The quantitative estimate of drug-likeness (QED) is 0.484. The van der Waals surface area contributed by atoms with Crippen LogP contribution in [0.15, 0.2) is 47.7 Å². The molecule has 0 radical (unpaired) electrons. The van der Waals surface area contributed by atoms with Crippen LogP contribution in [-0.4, -0.2) is 6.10 Å². The summed E-state index contributed by atoms with van der Waals surface area (Å²) in [5, 5.41) is 0. The maximum atomic E-state index is 5.35. The van der Waals surface area contributed by atoms with E-state index in [1.165, 1.54) is 0 Å². The Balaban J connectivity index is 2.15. The number of allylic oxidation sites excluding steroid dienone is 2. The van der Waals surface area contributed by atoms with E-state index in [-0.39, 0.29) is 6.10 Å². The van der Waals surface area contributed by atoms with E-state index in [2.05, 4.69) is 0 Å². The first-order valence-electron chi connectivity index (χ1n) is 3.58. The van der Waals surface area contributed by atoms with Gasteiger partial charge in [-0.3, -0.25) is 0 Å². The lowest BCUT2D eigenvalue weighted by atomic mass is 10.0. The Morgan fingerprint density at radius 1 is 1.27 bits per heavy atom. The first-order valence-corrected chi connectivity index (χ1v) is 3.58. The van der Waals surface area contributed by atoms with E-state index in [4.69, 9.17) is 9.47 Å². The SMILES string of the molecule is C1=CC2=C3OC3=COC2C=C1. The van der Waals surface area contributed by atoms with Gasteiger partial charge in [0, 0.05) is 5.57 Å². The van der Waals surface area contributed by atoms with Crippen molar-refractivity contribution in [2.24, 2.45) is 0 Å². The second kappa shape index (κ2) is 1.59. The third kappa shape index (κ3) is 0.611. The number of ether oxygens (including phenoxy) is 2. The molecule has 0 aromatic carbocycles. The number of epoxide rings is 1. The summed E-state index contributed by atoms with van der Waals surface area (Å²) >= 11 is 0. The lowest BCUT2D eigenvalue weighted by Crippen LogP contribution is -2.12. The fraction of sp³-hybridized carbons (Fsp3) is 0.111. The van der Waals surface area contributed by atoms with E-state index >= 15 is 0 Å². The molecule has 1 saturated heterocycles. The molecule has 0 aromatic rings. The molecule has 1 fully saturated rings. The van der Waals surface area contributed by atoms with Gasteiger partial charge < -0.3 is 9.47 Å². The molecule has 11 heavy (non-hydrogen) atoms. The molecule has 2 heterocycles. The highest BCUT2D eigenvalue weighted by molar-refractivity contribution is 5.50. The number of hydrogen-bond acceptors (Lipinski definition) is 2. The summed E-state index contributed by atoms with van der Waals surface area (Å²) in [6.07, 6.45) is 9.77. The van der Waals surface area contributed by atoms with Crippen molar-refractivity contribution in [3.8, 4) is 0 Å². The Labute approximate surface area is 64.1 Å². The van der Waals surface area contributed by atoms with Gasteiger partial charge >= 0.3 is 0 Å². The zero-order valence-corrected chi connectivity index (χ0v) is 5.78. The minimum atomic E-state index is 0.0845. The number of rotatable bonds is 0. The standard InChI is InChI=1S/C9H6O2/c1-2-4-7-6(3-1)9-8(11-9)5-10-7/h1-5,7H. The second-order valence-electron chi connectivity index (χ2n) is 2.67. The molecular weight excluding hydrogens is 140 g/mol. The highest BCUT2D eigenvalue weighted by Crippen LogP contribution is 2.41. The summed E-state index contributed by atoms with van der Waals surface area (Å²) in [7, 11) is 0. The predicted octanol–water partition coefficient (Wildman–Crippen LogP) is 1.64. The van der Waals surface area contributed by atoms with E-state index < -0.39 is 0 Å². The zero-order valence-electron chi connectivity index (χ0n) is 5.78. The van der Waals surface area contributed by atoms with Gasteiger partial charge in [-0.25, -0.2) is 0 Å². The lowest BCUT2D eigenvalue weighted by Gasteiger charge is -2.15. The van der Waals surface area contributed by atoms with Gasteiger partial charge in [0.1, 0.15) is 12.4 Å². The van der Waals surface area contributed by atoms with Crippen molar-refractivity contribution in [2.75, 3.05) is 0 Å². The summed E-state index contributed by atoms with van der Waals surface area (Å²) in [6, 6.07) is 0. The van der Waals surface area contributed by atoms with Crippen LogP contribution in [0.5, 0.6) is 0 Å². The van der Waals surface area contributed by atoms with E-state index in [0.717, 1.165) is 17.1 Å². The maximum absolute atomic E-state index is 5.35. The Kier molecular flexibility index (Phi) is 0.756. The first-order chi connectivity index (χ1) is 5.45. The average molecular weight is 146 g/mol. The van der Waals surface area contributed by atoms with Gasteiger partial charge in [0.05, 0.1) is 0 Å².